The summed E-state index contributed by atoms with van der Waals surface area (Å²) in [7, 11) is 0. The Morgan fingerprint density at radius 3 is 2.56 bits per heavy atom. The van der Waals surface area contributed by atoms with Crippen molar-refractivity contribution in [2.45, 2.75) is 59.1 Å². The Hall–Kier alpha value is -0.570. The third-order valence-electron chi connectivity index (χ3n) is 3.50. The predicted octanol–water partition coefficient (Wildman–Crippen LogP) is 2.35. The van der Waals surface area contributed by atoms with Crippen molar-refractivity contribution in [2.24, 2.45) is 11.8 Å². The third kappa shape index (κ3) is 4.52. The molecule has 3 heteroatoms. The Balaban J connectivity index is 2.20. The van der Waals surface area contributed by atoms with Crippen molar-refractivity contribution in [2.75, 3.05) is 6.54 Å². The number of carbonyl (C=O) groups excluding carboxylic acids is 1. The van der Waals surface area contributed by atoms with Crippen LogP contribution in [0.4, 0.5) is 0 Å². The normalized spacial score (nSPS) is 30.4. The zero-order valence-corrected chi connectivity index (χ0v) is 11.0. The van der Waals surface area contributed by atoms with Gasteiger partial charge in [0, 0.05) is 6.04 Å². The van der Waals surface area contributed by atoms with Gasteiger partial charge in [-0.2, -0.15) is 0 Å². The highest BCUT2D eigenvalue weighted by atomic mass is 16.5. The van der Waals surface area contributed by atoms with E-state index in [1.807, 2.05) is 13.8 Å². The second kappa shape index (κ2) is 6.24. The maximum Gasteiger partial charge on any atom is 0.320 e. The van der Waals surface area contributed by atoms with Crippen molar-refractivity contribution in [3.63, 3.8) is 0 Å². The quantitative estimate of drug-likeness (QED) is 0.749. The molecule has 0 aromatic heterocycles. The van der Waals surface area contributed by atoms with Gasteiger partial charge < -0.3 is 10.1 Å². The SMILES string of the molecule is CC(C)OC(=O)CNC1CCC(C)C(C)C1. The molecular formula is C13H25NO2. The Morgan fingerprint density at radius 1 is 1.31 bits per heavy atom. The fourth-order valence-corrected chi connectivity index (χ4v) is 2.27. The van der Waals surface area contributed by atoms with Gasteiger partial charge in [0.1, 0.15) is 0 Å². The molecule has 0 heterocycles. The molecule has 1 aliphatic rings. The molecule has 16 heavy (non-hydrogen) atoms. The van der Waals surface area contributed by atoms with Gasteiger partial charge in [0.05, 0.1) is 12.6 Å². The van der Waals surface area contributed by atoms with Gasteiger partial charge in [0.15, 0.2) is 0 Å². The van der Waals surface area contributed by atoms with Crippen molar-refractivity contribution in [1.29, 1.82) is 0 Å². The molecule has 3 nitrogen and oxygen atoms in total. The van der Waals surface area contributed by atoms with Crippen molar-refractivity contribution < 1.29 is 9.53 Å². The van der Waals surface area contributed by atoms with E-state index < -0.39 is 0 Å². The van der Waals surface area contributed by atoms with Crippen LogP contribution in [-0.2, 0) is 9.53 Å². The molecule has 1 rings (SSSR count). The molecule has 0 aliphatic heterocycles. The summed E-state index contributed by atoms with van der Waals surface area (Å²) in [6, 6.07) is 0.492. The average molecular weight is 227 g/mol. The first-order chi connectivity index (χ1) is 7.49. The summed E-state index contributed by atoms with van der Waals surface area (Å²) in [4.78, 5) is 11.4. The summed E-state index contributed by atoms with van der Waals surface area (Å²) in [6.07, 6.45) is 3.61. The summed E-state index contributed by atoms with van der Waals surface area (Å²) < 4.78 is 5.09. The van der Waals surface area contributed by atoms with Gasteiger partial charge >= 0.3 is 5.97 Å². The van der Waals surface area contributed by atoms with Gasteiger partial charge in [-0.3, -0.25) is 4.79 Å². The maximum atomic E-state index is 11.4. The second-order valence-corrected chi connectivity index (χ2v) is 5.38. The first-order valence-electron chi connectivity index (χ1n) is 6.42. The Morgan fingerprint density at radius 2 is 2.00 bits per heavy atom. The molecule has 3 atom stereocenters. The first kappa shape index (κ1) is 13.5. The molecule has 1 aliphatic carbocycles. The van der Waals surface area contributed by atoms with E-state index in [0.717, 1.165) is 11.8 Å². The minimum atomic E-state index is -0.138. The van der Waals surface area contributed by atoms with Crippen LogP contribution >= 0.6 is 0 Å². The molecule has 3 unspecified atom stereocenters. The monoisotopic (exact) mass is 227 g/mol. The van der Waals surface area contributed by atoms with Gasteiger partial charge in [0.2, 0.25) is 0 Å². The third-order valence-corrected chi connectivity index (χ3v) is 3.50. The van der Waals surface area contributed by atoms with Crippen LogP contribution in [-0.4, -0.2) is 24.7 Å². The standard InChI is InChI=1S/C13H25NO2/c1-9(2)16-13(15)8-14-12-6-5-10(3)11(4)7-12/h9-12,14H,5-8H2,1-4H3. The number of hydrogen-bond donors (Lipinski definition) is 1. The van der Waals surface area contributed by atoms with E-state index in [9.17, 15) is 4.79 Å². The van der Waals surface area contributed by atoms with E-state index in [0.29, 0.717) is 12.6 Å². The van der Waals surface area contributed by atoms with Gasteiger partial charge in [-0.05, 0) is 44.9 Å². The van der Waals surface area contributed by atoms with E-state index >= 15 is 0 Å². The zero-order valence-electron chi connectivity index (χ0n) is 11.0. The maximum absolute atomic E-state index is 11.4. The van der Waals surface area contributed by atoms with E-state index in [2.05, 4.69) is 19.2 Å². The summed E-state index contributed by atoms with van der Waals surface area (Å²) >= 11 is 0. The van der Waals surface area contributed by atoms with Gasteiger partial charge in [-0.25, -0.2) is 0 Å². The van der Waals surface area contributed by atoms with E-state index in [1.165, 1.54) is 19.3 Å². The lowest BCUT2D eigenvalue weighted by atomic mass is 9.79. The molecule has 0 spiro atoms. The van der Waals surface area contributed by atoms with Crippen LogP contribution in [0.25, 0.3) is 0 Å². The molecule has 1 N–H and O–H groups in total. The highest BCUT2D eigenvalue weighted by molar-refractivity contribution is 5.71. The number of esters is 1. The molecular weight excluding hydrogens is 202 g/mol. The number of nitrogens with one attached hydrogen (secondary N) is 1. The summed E-state index contributed by atoms with van der Waals surface area (Å²) in [6.45, 7) is 8.72. The van der Waals surface area contributed by atoms with Crippen molar-refractivity contribution in [3.8, 4) is 0 Å². The second-order valence-electron chi connectivity index (χ2n) is 5.38. The predicted molar refractivity (Wildman–Crippen MR) is 65.2 cm³/mol. The summed E-state index contributed by atoms with van der Waals surface area (Å²) in [5, 5.41) is 3.30. The molecule has 0 saturated heterocycles. The Kier molecular flexibility index (Phi) is 5.26. The van der Waals surface area contributed by atoms with Crippen LogP contribution in [0.3, 0.4) is 0 Å². The molecule has 94 valence electrons. The smallest absolute Gasteiger partial charge is 0.320 e. The van der Waals surface area contributed by atoms with E-state index in [4.69, 9.17) is 4.74 Å². The molecule has 0 radical (unpaired) electrons. The Bertz CT molecular complexity index is 228. The summed E-state index contributed by atoms with van der Waals surface area (Å²) in [5.41, 5.74) is 0. The number of hydrogen-bond acceptors (Lipinski definition) is 3. The molecule has 0 bridgehead atoms. The zero-order chi connectivity index (χ0) is 12.1. The lowest BCUT2D eigenvalue weighted by molar-refractivity contribution is -0.146. The van der Waals surface area contributed by atoms with Crippen LogP contribution in [0.1, 0.15) is 47.0 Å². The van der Waals surface area contributed by atoms with Crippen molar-refractivity contribution in [3.05, 3.63) is 0 Å². The van der Waals surface area contributed by atoms with Crippen molar-refractivity contribution in [1.82, 2.24) is 5.32 Å². The lowest BCUT2D eigenvalue weighted by Crippen LogP contribution is -2.39. The van der Waals surface area contributed by atoms with Crippen LogP contribution in [0.15, 0.2) is 0 Å². The lowest BCUT2D eigenvalue weighted by Gasteiger charge is -2.32. The molecule has 0 amide bonds. The summed E-state index contributed by atoms with van der Waals surface area (Å²) in [5.74, 6) is 1.44. The molecule has 0 aromatic rings. The molecule has 0 aromatic carbocycles. The van der Waals surface area contributed by atoms with Gasteiger partial charge in [0.25, 0.3) is 0 Å². The fourth-order valence-electron chi connectivity index (χ4n) is 2.27. The van der Waals surface area contributed by atoms with Crippen LogP contribution in [0.2, 0.25) is 0 Å². The van der Waals surface area contributed by atoms with Gasteiger partial charge in [-0.15, -0.1) is 0 Å². The average Bonchev–Trinajstić information content (AvgIpc) is 2.19. The largest absolute Gasteiger partial charge is 0.462 e. The Labute approximate surface area is 98.9 Å². The topological polar surface area (TPSA) is 38.3 Å². The highest BCUT2D eigenvalue weighted by Gasteiger charge is 2.24. The number of rotatable bonds is 4. The number of carbonyl (C=O) groups is 1. The highest BCUT2D eigenvalue weighted by Crippen LogP contribution is 2.29. The number of ether oxygens (including phenoxy) is 1. The molecule has 1 saturated carbocycles. The van der Waals surface area contributed by atoms with Crippen LogP contribution < -0.4 is 5.32 Å². The van der Waals surface area contributed by atoms with Crippen LogP contribution in [0, 0.1) is 11.8 Å². The van der Waals surface area contributed by atoms with E-state index in [-0.39, 0.29) is 12.1 Å². The van der Waals surface area contributed by atoms with Crippen LogP contribution in [0.5, 0.6) is 0 Å². The fraction of sp³-hybridized carbons (Fsp3) is 0.923. The first-order valence-corrected chi connectivity index (χ1v) is 6.42. The minimum absolute atomic E-state index is 0.0143. The minimum Gasteiger partial charge on any atom is -0.462 e. The van der Waals surface area contributed by atoms with Crippen molar-refractivity contribution >= 4 is 5.97 Å². The van der Waals surface area contributed by atoms with E-state index in [1.54, 1.807) is 0 Å². The molecule has 1 fully saturated rings. The van der Waals surface area contributed by atoms with Gasteiger partial charge in [-0.1, -0.05) is 13.8 Å².